The molecule has 0 aliphatic heterocycles. The molecule has 100 valence electrons. The third-order valence-corrected chi connectivity index (χ3v) is 2.68. The fraction of sp³-hybridized carbons (Fsp3) is 0.286. The van der Waals surface area contributed by atoms with Crippen LogP contribution in [-0.2, 0) is 9.53 Å². The summed E-state index contributed by atoms with van der Waals surface area (Å²) < 4.78 is 15.2. The minimum Gasteiger partial charge on any atom is -0.497 e. The molecule has 0 unspecified atom stereocenters. The van der Waals surface area contributed by atoms with Crippen molar-refractivity contribution >= 4 is 16.9 Å². The van der Waals surface area contributed by atoms with Crippen LogP contribution >= 0.6 is 0 Å². The molecular formula is C14H15NO4. The summed E-state index contributed by atoms with van der Waals surface area (Å²) in [4.78, 5) is 15.5. The zero-order valence-corrected chi connectivity index (χ0v) is 11.1. The summed E-state index contributed by atoms with van der Waals surface area (Å²) in [5.41, 5.74) is 1.57. The fourth-order valence-electron chi connectivity index (χ4n) is 1.74. The zero-order chi connectivity index (χ0) is 13.8. The van der Waals surface area contributed by atoms with E-state index in [4.69, 9.17) is 9.47 Å². The van der Waals surface area contributed by atoms with Crippen molar-refractivity contribution in [2.45, 2.75) is 6.92 Å². The van der Waals surface area contributed by atoms with E-state index >= 15 is 0 Å². The van der Waals surface area contributed by atoms with Crippen molar-refractivity contribution in [2.75, 3.05) is 20.8 Å². The molecule has 0 bridgehead atoms. The SMILES string of the molecule is COC(=O)COc1cc(C)nc2cc(OC)ccc12. The Labute approximate surface area is 111 Å². The molecule has 0 saturated heterocycles. The number of pyridine rings is 1. The van der Waals surface area contributed by atoms with Crippen LogP contribution < -0.4 is 9.47 Å². The number of rotatable bonds is 4. The molecule has 19 heavy (non-hydrogen) atoms. The van der Waals surface area contributed by atoms with Gasteiger partial charge in [0.15, 0.2) is 6.61 Å². The molecule has 0 aliphatic carbocycles. The standard InChI is InChI=1S/C14H15NO4/c1-9-6-13(19-8-14(16)18-3)11-5-4-10(17-2)7-12(11)15-9/h4-7H,8H2,1-3H3. The number of methoxy groups -OCH3 is 2. The normalized spacial score (nSPS) is 10.3. The topological polar surface area (TPSA) is 57.7 Å². The lowest BCUT2D eigenvalue weighted by atomic mass is 10.2. The van der Waals surface area contributed by atoms with Gasteiger partial charge in [-0.15, -0.1) is 0 Å². The van der Waals surface area contributed by atoms with Gasteiger partial charge in [-0.25, -0.2) is 4.79 Å². The highest BCUT2D eigenvalue weighted by molar-refractivity contribution is 5.86. The number of esters is 1. The quantitative estimate of drug-likeness (QED) is 0.789. The van der Waals surface area contributed by atoms with E-state index in [1.165, 1.54) is 7.11 Å². The van der Waals surface area contributed by atoms with Gasteiger partial charge >= 0.3 is 5.97 Å². The molecule has 0 atom stereocenters. The van der Waals surface area contributed by atoms with Crippen LogP contribution in [0.25, 0.3) is 10.9 Å². The molecular weight excluding hydrogens is 246 g/mol. The van der Waals surface area contributed by atoms with Gasteiger partial charge in [0.05, 0.1) is 19.7 Å². The number of hydrogen-bond donors (Lipinski definition) is 0. The van der Waals surface area contributed by atoms with Gasteiger partial charge < -0.3 is 14.2 Å². The summed E-state index contributed by atoms with van der Waals surface area (Å²) in [6.45, 7) is 1.74. The molecule has 0 amide bonds. The molecule has 2 aromatic rings. The Balaban J connectivity index is 2.39. The molecule has 0 fully saturated rings. The summed E-state index contributed by atoms with van der Waals surface area (Å²) in [5, 5.41) is 0.829. The number of ether oxygens (including phenoxy) is 3. The van der Waals surface area contributed by atoms with Crippen LogP contribution in [0.1, 0.15) is 5.69 Å². The van der Waals surface area contributed by atoms with E-state index in [-0.39, 0.29) is 6.61 Å². The third-order valence-electron chi connectivity index (χ3n) is 2.68. The first kappa shape index (κ1) is 13.1. The summed E-state index contributed by atoms with van der Waals surface area (Å²) in [6.07, 6.45) is 0. The van der Waals surface area contributed by atoms with Crippen LogP contribution in [0.4, 0.5) is 0 Å². The van der Waals surface area contributed by atoms with Crippen LogP contribution in [0.2, 0.25) is 0 Å². The van der Waals surface area contributed by atoms with Crippen LogP contribution in [0.3, 0.4) is 0 Å². The molecule has 2 rings (SSSR count). The van der Waals surface area contributed by atoms with E-state index in [0.29, 0.717) is 5.75 Å². The van der Waals surface area contributed by atoms with E-state index in [0.717, 1.165) is 22.3 Å². The van der Waals surface area contributed by atoms with Crippen molar-refractivity contribution in [3.63, 3.8) is 0 Å². The monoisotopic (exact) mass is 261 g/mol. The maximum Gasteiger partial charge on any atom is 0.343 e. The van der Waals surface area contributed by atoms with E-state index < -0.39 is 5.97 Å². The maximum atomic E-state index is 11.1. The van der Waals surface area contributed by atoms with Crippen LogP contribution in [0, 0.1) is 6.92 Å². The number of carbonyl (C=O) groups excluding carboxylic acids is 1. The highest BCUT2D eigenvalue weighted by atomic mass is 16.6. The highest BCUT2D eigenvalue weighted by Crippen LogP contribution is 2.28. The Hall–Kier alpha value is -2.30. The highest BCUT2D eigenvalue weighted by Gasteiger charge is 2.09. The zero-order valence-electron chi connectivity index (χ0n) is 11.1. The largest absolute Gasteiger partial charge is 0.497 e. The summed E-state index contributed by atoms with van der Waals surface area (Å²) in [6, 6.07) is 7.29. The van der Waals surface area contributed by atoms with Crippen molar-refractivity contribution in [2.24, 2.45) is 0 Å². The van der Waals surface area contributed by atoms with Crippen LogP contribution in [-0.4, -0.2) is 31.8 Å². The Morgan fingerprint density at radius 1 is 1.26 bits per heavy atom. The van der Waals surface area contributed by atoms with E-state index in [2.05, 4.69) is 9.72 Å². The number of aryl methyl sites for hydroxylation is 1. The molecule has 1 aromatic heterocycles. The van der Waals surface area contributed by atoms with Crippen molar-refractivity contribution < 1.29 is 19.0 Å². The van der Waals surface area contributed by atoms with Gasteiger partial charge in [-0.05, 0) is 19.1 Å². The van der Waals surface area contributed by atoms with Crippen molar-refractivity contribution in [3.05, 3.63) is 30.0 Å². The lowest BCUT2D eigenvalue weighted by molar-refractivity contribution is -0.142. The van der Waals surface area contributed by atoms with Crippen LogP contribution in [0.15, 0.2) is 24.3 Å². The second kappa shape index (κ2) is 5.56. The summed E-state index contributed by atoms with van der Waals surface area (Å²) in [7, 11) is 2.93. The molecule has 5 nitrogen and oxygen atoms in total. The van der Waals surface area contributed by atoms with Gasteiger partial charge in [0, 0.05) is 23.2 Å². The Morgan fingerprint density at radius 2 is 2.05 bits per heavy atom. The van der Waals surface area contributed by atoms with Gasteiger partial charge in [-0.1, -0.05) is 0 Å². The first-order valence-electron chi connectivity index (χ1n) is 5.79. The van der Waals surface area contributed by atoms with Gasteiger partial charge in [0.1, 0.15) is 11.5 Å². The van der Waals surface area contributed by atoms with Crippen LogP contribution in [0.5, 0.6) is 11.5 Å². The molecule has 0 aliphatic rings. The third kappa shape index (κ3) is 2.93. The number of carbonyl (C=O) groups is 1. The first-order chi connectivity index (χ1) is 9.13. The summed E-state index contributed by atoms with van der Waals surface area (Å²) in [5.74, 6) is 0.913. The lowest BCUT2D eigenvalue weighted by Crippen LogP contribution is -2.12. The number of benzene rings is 1. The average molecular weight is 261 g/mol. The second-order valence-corrected chi connectivity index (χ2v) is 4.01. The van der Waals surface area contributed by atoms with Crippen molar-refractivity contribution in [1.29, 1.82) is 0 Å². The van der Waals surface area contributed by atoms with Crippen molar-refractivity contribution in [1.82, 2.24) is 4.98 Å². The molecule has 0 N–H and O–H groups in total. The predicted octanol–water partition coefficient (Wildman–Crippen LogP) is 2.10. The second-order valence-electron chi connectivity index (χ2n) is 4.01. The number of fused-ring (bicyclic) bond motifs is 1. The smallest absolute Gasteiger partial charge is 0.343 e. The Bertz CT molecular complexity index is 610. The van der Waals surface area contributed by atoms with Gasteiger partial charge in [0.2, 0.25) is 0 Å². The minimum atomic E-state index is -0.420. The predicted molar refractivity (Wildman–Crippen MR) is 70.5 cm³/mol. The molecule has 0 saturated carbocycles. The van der Waals surface area contributed by atoms with Gasteiger partial charge in [-0.2, -0.15) is 0 Å². The number of aromatic nitrogens is 1. The maximum absolute atomic E-state index is 11.1. The number of hydrogen-bond acceptors (Lipinski definition) is 5. The molecule has 0 radical (unpaired) electrons. The fourth-order valence-corrected chi connectivity index (χ4v) is 1.74. The first-order valence-corrected chi connectivity index (χ1v) is 5.79. The van der Waals surface area contributed by atoms with E-state index in [9.17, 15) is 4.79 Å². The lowest BCUT2D eigenvalue weighted by Gasteiger charge is -2.10. The minimum absolute atomic E-state index is 0.124. The van der Waals surface area contributed by atoms with Gasteiger partial charge in [0.25, 0.3) is 0 Å². The van der Waals surface area contributed by atoms with E-state index in [1.54, 1.807) is 13.2 Å². The summed E-state index contributed by atoms with van der Waals surface area (Å²) >= 11 is 0. The Kier molecular flexibility index (Phi) is 3.85. The Morgan fingerprint density at radius 3 is 2.74 bits per heavy atom. The number of nitrogens with zero attached hydrogens (tertiary/aromatic N) is 1. The van der Waals surface area contributed by atoms with E-state index in [1.807, 2.05) is 25.1 Å². The molecule has 1 aromatic carbocycles. The van der Waals surface area contributed by atoms with Gasteiger partial charge in [-0.3, -0.25) is 4.98 Å². The molecule has 5 heteroatoms. The molecule has 1 heterocycles. The van der Waals surface area contributed by atoms with Crippen molar-refractivity contribution in [3.8, 4) is 11.5 Å². The molecule has 0 spiro atoms. The average Bonchev–Trinajstić information content (AvgIpc) is 2.43.